The molecule has 138 valence electrons. The van der Waals surface area contributed by atoms with E-state index < -0.39 is 11.6 Å². The Balaban J connectivity index is 1.57. The molecule has 4 nitrogen and oxygen atoms in total. The minimum absolute atomic E-state index is 0.0439. The van der Waals surface area contributed by atoms with Gasteiger partial charge in [0.25, 0.3) is 0 Å². The lowest BCUT2D eigenvalue weighted by Crippen LogP contribution is -2.40. The molecule has 0 bridgehead atoms. The summed E-state index contributed by atoms with van der Waals surface area (Å²) in [6, 6.07) is 2.91. The van der Waals surface area contributed by atoms with Gasteiger partial charge in [-0.3, -0.25) is 4.79 Å². The van der Waals surface area contributed by atoms with Crippen LogP contribution in [0.4, 0.5) is 8.78 Å². The topological polar surface area (TPSA) is 49.8 Å². The Morgan fingerprint density at radius 3 is 2.85 bits per heavy atom. The van der Waals surface area contributed by atoms with Crippen LogP contribution >= 0.6 is 28.1 Å². The third-order valence-electron chi connectivity index (χ3n) is 5.32. The van der Waals surface area contributed by atoms with E-state index in [0.29, 0.717) is 17.7 Å². The Labute approximate surface area is 163 Å². The highest BCUT2D eigenvalue weighted by Gasteiger charge is 2.32. The lowest BCUT2D eigenvalue weighted by molar-refractivity contribution is -0.121. The highest BCUT2D eigenvalue weighted by atomic mass is 79.9. The maximum absolute atomic E-state index is 14.4. The number of halogens is 3. The molecular weight excluding hydrogens is 424 g/mol. The fraction of sp³-hybridized carbons (Fsp3) is 0.444. The molecule has 0 spiro atoms. The summed E-state index contributed by atoms with van der Waals surface area (Å²) in [5.41, 5.74) is 1.68. The Kier molecular flexibility index (Phi) is 4.73. The second-order valence-electron chi connectivity index (χ2n) is 7.00. The molecule has 2 N–H and O–H groups in total. The first kappa shape index (κ1) is 17.9. The molecule has 26 heavy (non-hydrogen) atoms. The number of hydrogen-bond donors (Lipinski definition) is 2. The van der Waals surface area contributed by atoms with Crippen molar-refractivity contribution in [3.05, 3.63) is 50.0 Å². The molecule has 1 saturated carbocycles. The van der Waals surface area contributed by atoms with Gasteiger partial charge in [0.2, 0.25) is 5.91 Å². The third-order valence-corrected chi connectivity index (χ3v) is 6.25. The zero-order valence-electron chi connectivity index (χ0n) is 13.9. The number of aromatic amines is 1. The van der Waals surface area contributed by atoms with Gasteiger partial charge < -0.3 is 14.9 Å². The number of nitrogens with zero attached hydrogens (tertiary/aromatic N) is 1. The molecule has 8 heteroatoms. The average Bonchev–Trinajstić information content (AvgIpc) is 3.09. The van der Waals surface area contributed by atoms with Crippen LogP contribution in [0.2, 0.25) is 0 Å². The largest absolute Gasteiger partial charge is 0.353 e. The van der Waals surface area contributed by atoms with Crippen molar-refractivity contribution in [1.29, 1.82) is 0 Å². The summed E-state index contributed by atoms with van der Waals surface area (Å²) in [6.07, 6.45) is 3.86. The number of H-pyrrole nitrogens is 1. The number of amides is 1. The zero-order valence-corrected chi connectivity index (χ0v) is 16.4. The van der Waals surface area contributed by atoms with Gasteiger partial charge in [-0.1, -0.05) is 0 Å². The molecule has 0 radical (unpaired) electrons. The van der Waals surface area contributed by atoms with Crippen LogP contribution in [0.3, 0.4) is 0 Å². The number of carbonyl (C=O) groups is 1. The Morgan fingerprint density at radius 2 is 2.15 bits per heavy atom. The Morgan fingerprint density at radius 1 is 1.38 bits per heavy atom. The van der Waals surface area contributed by atoms with E-state index in [-0.39, 0.29) is 34.3 Å². The number of fused-ring (bicyclic) bond motifs is 1. The second kappa shape index (κ2) is 6.88. The van der Waals surface area contributed by atoms with Crippen LogP contribution < -0.4 is 5.32 Å². The van der Waals surface area contributed by atoms with Crippen LogP contribution in [0, 0.1) is 16.4 Å². The monoisotopic (exact) mass is 441 g/mol. The maximum atomic E-state index is 14.4. The molecule has 1 aliphatic carbocycles. The number of aromatic nitrogens is 2. The normalized spacial score (nSPS) is 19.3. The van der Waals surface area contributed by atoms with Crippen molar-refractivity contribution >= 4 is 34.1 Å². The van der Waals surface area contributed by atoms with Gasteiger partial charge in [-0.25, -0.2) is 8.78 Å². The second-order valence-corrected chi connectivity index (χ2v) is 8.24. The molecule has 2 heterocycles. The molecule has 2 aromatic rings. The molecule has 1 unspecified atom stereocenters. The van der Waals surface area contributed by atoms with Crippen LogP contribution in [0.15, 0.2) is 16.6 Å². The summed E-state index contributed by atoms with van der Waals surface area (Å²) < 4.78 is 31.3. The Hall–Kier alpha value is -1.54. The summed E-state index contributed by atoms with van der Waals surface area (Å²) in [5.74, 6) is -1.51. The van der Waals surface area contributed by atoms with Crippen LogP contribution in [0.5, 0.6) is 0 Å². The fourth-order valence-corrected chi connectivity index (χ4v) is 4.40. The third kappa shape index (κ3) is 3.13. The standard InChI is InChI=1S/C18H18BrF2N3OS/c19-11-4-5-12(20)16(17(11)21)9-6-14-13(23-18(26)24(14)8-9)7-15(25)22-10-2-1-3-10/h4-5,9-10H,1-3,6-8H2,(H,22,25)(H,23,26). The van der Waals surface area contributed by atoms with E-state index >= 15 is 0 Å². The first-order valence-electron chi connectivity index (χ1n) is 8.67. The number of nitrogens with one attached hydrogen (secondary N) is 2. The number of hydrogen-bond acceptors (Lipinski definition) is 2. The molecule has 1 amide bonds. The van der Waals surface area contributed by atoms with E-state index in [4.69, 9.17) is 12.2 Å². The number of imidazole rings is 1. The van der Waals surface area contributed by atoms with E-state index in [1.165, 1.54) is 12.1 Å². The summed E-state index contributed by atoms with van der Waals surface area (Å²) >= 11 is 8.47. The molecule has 0 saturated heterocycles. The van der Waals surface area contributed by atoms with Gasteiger partial charge in [-0.05, 0) is 66.0 Å². The highest BCUT2D eigenvalue weighted by molar-refractivity contribution is 9.10. The predicted octanol–water partition coefficient (Wildman–Crippen LogP) is 4.14. The van der Waals surface area contributed by atoms with Crippen molar-refractivity contribution in [2.24, 2.45) is 0 Å². The van der Waals surface area contributed by atoms with Crippen LogP contribution in [0.25, 0.3) is 0 Å². The average molecular weight is 442 g/mol. The van der Waals surface area contributed by atoms with Crippen molar-refractivity contribution in [2.45, 2.75) is 50.6 Å². The summed E-state index contributed by atoms with van der Waals surface area (Å²) in [4.78, 5) is 15.3. The molecular formula is C18H18BrF2N3OS. The molecule has 1 atom stereocenters. The van der Waals surface area contributed by atoms with Crippen molar-refractivity contribution in [3.63, 3.8) is 0 Å². The van der Waals surface area contributed by atoms with E-state index in [0.717, 1.165) is 30.7 Å². The van der Waals surface area contributed by atoms with Gasteiger partial charge in [-0.2, -0.15) is 0 Å². The summed E-state index contributed by atoms with van der Waals surface area (Å²) in [5, 5.41) is 3.01. The predicted molar refractivity (Wildman–Crippen MR) is 99.6 cm³/mol. The van der Waals surface area contributed by atoms with Gasteiger partial charge in [-0.15, -0.1) is 0 Å². The quantitative estimate of drug-likeness (QED) is 0.553. The highest BCUT2D eigenvalue weighted by Crippen LogP contribution is 2.36. The van der Waals surface area contributed by atoms with Crippen LogP contribution in [-0.4, -0.2) is 21.5 Å². The van der Waals surface area contributed by atoms with Gasteiger partial charge in [0.15, 0.2) is 4.77 Å². The van der Waals surface area contributed by atoms with E-state index in [9.17, 15) is 13.6 Å². The van der Waals surface area contributed by atoms with Gasteiger partial charge in [0.05, 0.1) is 10.9 Å². The molecule has 1 aliphatic heterocycles. The summed E-state index contributed by atoms with van der Waals surface area (Å²) in [6.45, 7) is 0.402. The van der Waals surface area contributed by atoms with Crippen LogP contribution in [-0.2, 0) is 24.2 Å². The number of carbonyl (C=O) groups excluding carboxylic acids is 1. The van der Waals surface area contributed by atoms with E-state index in [2.05, 4.69) is 26.2 Å². The van der Waals surface area contributed by atoms with Crippen molar-refractivity contribution in [2.75, 3.05) is 0 Å². The lowest BCUT2D eigenvalue weighted by Gasteiger charge is -2.26. The first-order valence-corrected chi connectivity index (χ1v) is 9.87. The SMILES string of the molecule is O=C(Cc1[nH]c(=S)n2c1CC(c1c(F)ccc(Br)c1F)C2)NC1CCC1. The van der Waals surface area contributed by atoms with Gasteiger partial charge >= 0.3 is 0 Å². The molecule has 1 aromatic carbocycles. The molecule has 1 aromatic heterocycles. The summed E-state index contributed by atoms with van der Waals surface area (Å²) in [7, 11) is 0. The van der Waals surface area contributed by atoms with Crippen molar-refractivity contribution in [3.8, 4) is 0 Å². The van der Waals surface area contributed by atoms with Gasteiger partial charge in [0.1, 0.15) is 11.6 Å². The minimum atomic E-state index is -0.570. The molecule has 1 fully saturated rings. The van der Waals surface area contributed by atoms with Crippen LogP contribution in [0.1, 0.15) is 42.1 Å². The maximum Gasteiger partial charge on any atom is 0.226 e. The lowest BCUT2D eigenvalue weighted by atomic mass is 9.93. The zero-order chi connectivity index (χ0) is 18.4. The van der Waals surface area contributed by atoms with E-state index in [1.807, 2.05) is 4.57 Å². The van der Waals surface area contributed by atoms with Crippen molar-refractivity contribution in [1.82, 2.24) is 14.9 Å². The molecule has 2 aliphatic rings. The fourth-order valence-electron chi connectivity index (χ4n) is 3.75. The molecule has 4 rings (SSSR count). The smallest absolute Gasteiger partial charge is 0.226 e. The first-order chi connectivity index (χ1) is 12.4. The van der Waals surface area contributed by atoms with Crippen molar-refractivity contribution < 1.29 is 13.6 Å². The number of rotatable bonds is 4. The Bertz CT molecular complexity index is 935. The van der Waals surface area contributed by atoms with E-state index in [1.54, 1.807) is 0 Å². The number of benzene rings is 1. The minimum Gasteiger partial charge on any atom is -0.353 e. The van der Waals surface area contributed by atoms with Gasteiger partial charge in [0, 0.05) is 35.5 Å².